The maximum Gasteiger partial charge on any atom is 0.162 e. The van der Waals surface area contributed by atoms with Crippen LogP contribution in [0.2, 0.25) is 0 Å². The molecule has 116 valence electrons. The van der Waals surface area contributed by atoms with Gasteiger partial charge in [-0.15, -0.1) is 0 Å². The molecule has 0 aromatic heterocycles. The van der Waals surface area contributed by atoms with Crippen molar-refractivity contribution in [2.75, 3.05) is 13.2 Å². The van der Waals surface area contributed by atoms with Gasteiger partial charge in [-0.1, -0.05) is 6.42 Å². The standard InChI is InChI=1S/C16H21F2NO2/c17-14-4-3-13(7-15(14)18)21-9-12(20)8-19-16-6-10-1-2-11(16)5-10/h3-4,7,10-12,16,19-20H,1-2,5-6,8-9H2. The number of hydrogen-bond donors (Lipinski definition) is 2. The minimum absolute atomic E-state index is 0.0683. The summed E-state index contributed by atoms with van der Waals surface area (Å²) in [5.74, 6) is 0.00761. The number of ether oxygens (including phenoxy) is 1. The lowest BCUT2D eigenvalue weighted by Crippen LogP contribution is -2.40. The molecule has 5 heteroatoms. The number of nitrogens with one attached hydrogen (secondary N) is 1. The van der Waals surface area contributed by atoms with Crippen molar-refractivity contribution in [2.24, 2.45) is 11.8 Å². The van der Waals surface area contributed by atoms with Gasteiger partial charge >= 0.3 is 0 Å². The van der Waals surface area contributed by atoms with E-state index < -0.39 is 17.7 Å². The lowest BCUT2D eigenvalue weighted by Gasteiger charge is -2.24. The van der Waals surface area contributed by atoms with Crippen LogP contribution < -0.4 is 10.1 Å². The Morgan fingerprint density at radius 1 is 1.24 bits per heavy atom. The van der Waals surface area contributed by atoms with Crippen molar-refractivity contribution < 1.29 is 18.6 Å². The number of aliphatic hydroxyl groups is 1. The summed E-state index contributed by atoms with van der Waals surface area (Å²) in [7, 11) is 0. The first-order chi connectivity index (χ1) is 10.1. The Morgan fingerprint density at radius 2 is 2.10 bits per heavy atom. The van der Waals surface area contributed by atoms with E-state index in [4.69, 9.17) is 4.74 Å². The molecule has 0 heterocycles. The number of benzene rings is 1. The van der Waals surface area contributed by atoms with Gasteiger partial charge in [-0.3, -0.25) is 0 Å². The molecule has 4 atom stereocenters. The highest BCUT2D eigenvalue weighted by molar-refractivity contribution is 5.23. The summed E-state index contributed by atoms with van der Waals surface area (Å²) in [6.45, 7) is 0.538. The number of aliphatic hydroxyl groups excluding tert-OH is 1. The Hall–Kier alpha value is -1.20. The summed E-state index contributed by atoms with van der Waals surface area (Å²) in [6.07, 6.45) is 4.52. The van der Waals surface area contributed by atoms with Crippen molar-refractivity contribution >= 4 is 0 Å². The zero-order valence-electron chi connectivity index (χ0n) is 11.9. The minimum Gasteiger partial charge on any atom is -0.491 e. The van der Waals surface area contributed by atoms with Crippen molar-refractivity contribution in [1.82, 2.24) is 5.32 Å². The average Bonchev–Trinajstić information content (AvgIpc) is 3.09. The molecule has 3 nitrogen and oxygen atoms in total. The monoisotopic (exact) mass is 297 g/mol. The topological polar surface area (TPSA) is 41.5 Å². The van der Waals surface area contributed by atoms with Crippen LogP contribution in [0.5, 0.6) is 5.75 Å². The van der Waals surface area contributed by atoms with E-state index in [-0.39, 0.29) is 12.4 Å². The minimum atomic E-state index is -0.943. The molecule has 1 aromatic carbocycles. The van der Waals surface area contributed by atoms with Gasteiger partial charge in [0.05, 0.1) is 0 Å². The summed E-state index contributed by atoms with van der Waals surface area (Å²) in [5.41, 5.74) is 0. The second-order valence-electron chi connectivity index (χ2n) is 6.23. The average molecular weight is 297 g/mol. The van der Waals surface area contributed by atoms with Gasteiger partial charge in [0.1, 0.15) is 18.5 Å². The van der Waals surface area contributed by atoms with E-state index in [2.05, 4.69) is 5.32 Å². The van der Waals surface area contributed by atoms with Crippen molar-refractivity contribution in [3.05, 3.63) is 29.8 Å². The Morgan fingerprint density at radius 3 is 2.76 bits per heavy atom. The number of hydrogen-bond acceptors (Lipinski definition) is 3. The Balaban J connectivity index is 1.40. The third-order valence-corrected chi connectivity index (χ3v) is 4.69. The molecule has 4 unspecified atom stereocenters. The summed E-state index contributed by atoms with van der Waals surface area (Å²) in [6, 6.07) is 3.88. The number of fused-ring (bicyclic) bond motifs is 2. The molecule has 2 aliphatic rings. The van der Waals surface area contributed by atoms with E-state index in [1.165, 1.54) is 31.7 Å². The molecule has 21 heavy (non-hydrogen) atoms. The van der Waals surface area contributed by atoms with Crippen LogP contribution in [0, 0.1) is 23.5 Å². The zero-order chi connectivity index (χ0) is 14.8. The zero-order valence-corrected chi connectivity index (χ0v) is 11.9. The predicted octanol–water partition coefficient (Wildman–Crippen LogP) is 2.48. The van der Waals surface area contributed by atoms with Crippen molar-refractivity contribution in [2.45, 2.75) is 37.8 Å². The normalized spacial score (nSPS) is 28.8. The molecule has 3 rings (SSSR count). The Labute approximate surface area is 123 Å². The summed E-state index contributed by atoms with van der Waals surface area (Å²) >= 11 is 0. The molecule has 2 saturated carbocycles. The highest BCUT2D eigenvalue weighted by atomic mass is 19.2. The van der Waals surface area contributed by atoms with Crippen molar-refractivity contribution in [3.63, 3.8) is 0 Å². The van der Waals surface area contributed by atoms with Gasteiger partial charge in [0, 0.05) is 18.7 Å². The predicted molar refractivity (Wildman–Crippen MR) is 75.1 cm³/mol. The largest absolute Gasteiger partial charge is 0.491 e. The highest BCUT2D eigenvalue weighted by Crippen LogP contribution is 2.44. The lowest BCUT2D eigenvalue weighted by molar-refractivity contribution is 0.101. The van der Waals surface area contributed by atoms with Gasteiger partial charge in [0.25, 0.3) is 0 Å². The van der Waals surface area contributed by atoms with Gasteiger partial charge in [-0.25, -0.2) is 8.78 Å². The van der Waals surface area contributed by atoms with E-state index >= 15 is 0 Å². The molecule has 0 radical (unpaired) electrons. The molecule has 2 N–H and O–H groups in total. The fourth-order valence-electron chi connectivity index (χ4n) is 3.60. The third-order valence-electron chi connectivity index (χ3n) is 4.69. The molecule has 2 bridgehead atoms. The summed E-state index contributed by atoms with van der Waals surface area (Å²) in [5, 5.41) is 13.3. The third kappa shape index (κ3) is 3.52. The Bertz CT molecular complexity index is 497. The fourth-order valence-corrected chi connectivity index (χ4v) is 3.60. The van der Waals surface area contributed by atoms with E-state index in [9.17, 15) is 13.9 Å². The number of rotatable bonds is 6. The smallest absolute Gasteiger partial charge is 0.162 e. The van der Waals surface area contributed by atoms with Crippen LogP contribution in [0.15, 0.2) is 18.2 Å². The van der Waals surface area contributed by atoms with Crippen LogP contribution in [0.1, 0.15) is 25.7 Å². The molecule has 1 aromatic rings. The fraction of sp³-hybridized carbons (Fsp3) is 0.625. The van der Waals surface area contributed by atoms with Crippen molar-refractivity contribution in [3.8, 4) is 5.75 Å². The van der Waals surface area contributed by atoms with Gasteiger partial charge in [-0.05, 0) is 43.2 Å². The van der Waals surface area contributed by atoms with Crippen LogP contribution >= 0.6 is 0 Å². The Kier molecular flexibility index (Phi) is 4.40. The SMILES string of the molecule is OC(CNC1CC2CCC1C2)COc1ccc(F)c(F)c1. The summed E-state index contributed by atoms with van der Waals surface area (Å²) < 4.78 is 31.1. The molecular formula is C16H21F2NO2. The van der Waals surface area contributed by atoms with Gasteiger partial charge in [0.15, 0.2) is 11.6 Å². The quantitative estimate of drug-likeness (QED) is 0.847. The van der Waals surface area contributed by atoms with Gasteiger partial charge in [-0.2, -0.15) is 0 Å². The first-order valence-corrected chi connectivity index (χ1v) is 7.61. The molecule has 0 aliphatic heterocycles. The first kappa shape index (κ1) is 14.7. The summed E-state index contributed by atoms with van der Waals surface area (Å²) in [4.78, 5) is 0. The second kappa shape index (κ2) is 6.28. The van der Waals surface area contributed by atoms with E-state index in [0.29, 0.717) is 12.6 Å². The maximum absolute atomic E-state index is 13.0. The van der Waals surface area contributed by atoms with E-state index in [0.717, 1.165) is 24.0 Å². The second-order valence-corrected chi connectivity index (χ2v) is 6.23. The molecule has 2 fully saturated rings. The van der Waals surface area contributed by atoms with Crippen LogP contribution in [0.25, 0.3) is 0 Å². The highest BCUT2D eigenvalue weighted by Gasteiger charge is 2.39. The van der Waals surface area contributed by atoms with Gasteiger partial charge < -0.3 is 15.2 Å². The number of halogens is 2. The molecule has 2 aliphatic carbocycles. The van der Waals surface area contributed by atoms with Gasteiger partial charge in [0.2, 0.25) is 0 Å². The van der Waals surface area contributed by atoms with E-state index in [1.54, 1.807) is 0 Å². The molecular weight excluding hydrogens is 276 g/mol. The molecule has 0 saturated heterocycles. The van der Waals surface area contributed by atoms with Crippen LogP contribution in [0.4, 0.5) is 8.78 Å². The van der Waals surface area contributed by atoms with Crippen LogP contribution in [-0.2, 0) is 0 Å². The molecule has 0 spiro atoms. The maximum atomic E-state index is 13.0. The van der Waals surface area contributed by atoms with E-state index in [1.807, 2.05) is 0 Å². The van der Waals surface area contributed by atoms with Crippen LogP contribution in [-0.4, -0.2) is 30.4 Å². The lowest BCUT2D eigenvalue weighted by atomic mass is 9.95. The van der Waals surface area contributed by atoms with Crippen LogP contribution in [0.3, 0.4) is 0 Å². The first-order valence-electron chi connectivity index (χ1n) is 7.61. The van der Waals surface area contributed by atoms with Crippen molar-refractivity contribution in [1.29, 1.82) is 0 Å². The molecule has 0 amide bonds.